The van der Waals surface area contributed by atoms with Crippen LogP contribution in [0.5, 0.6) is 5.88 Å². The maximum absolute atomic E-state index is 13.7. The smallest absolute Gasteiger partial charge is 0.472 e. The molecule has 0 unspecified atom stereocenters. The lowest BCUT2D eigenvalue weighted by molar-refractivity contribution is -0.162. The standard InChI is InChI=1S/C25H25FN3O7P/c1-13(2)23-22(14-3-5-17(26)6-4-14)19-9-16-11-27-29-21(16)10-20(19)24(28-23)36-18-7-15(8-18)25(30)34-12-35-37(31,32)33/h3-6,9-11,13,15,18H,7-8,12H2,1-2H3,(H,27,29)(H2,31,32,33). The summed E-state index contributed by atoms with van der Waals surface area (Å²) in [6, 6.07) is 10.2. The Bertz CT molecular complexity index is 1510. The summed E-state index contributed by atoms with van der Waals surface area (Å²) in [5.74, 6) is -0.956. The van der Waals surface area contributed by atoms with Gasteiger partial charge in [-0.2, -0.15) is 5.10 Å². The Hall–Kier alpha value is -3.37. The fourth-order valence-electron chi connectivity index (χ4n) is 4.45. The van der Waals surface area contributed by atoms with Crippen molar-refractivity contribution in [3.63, 3.8) is 0 Å². The molecule has 194 valence electrons. The number of fused-ring (bicyclic) bond motifs is 2. The van der Waals surface area contributed by atoms with Crippen molar-refractivity contribution >= 4 is 35.5 Å². The number of phosphoric ester groups is 1. The van der Waals surface area contributed by atoms with Crippen LogP contribution in [0.2, 0.25) is 0 Å². The number of rotatable bonds is 8. The normalized spacial score (nSPS) is 17.8. The van der Waals surface area contributed by atoms with Crippen LogP contribution in [0.1, 0.15) is 38.3 Å². The van der Waals surface area contributed by atoms with Crippen LogP contribution in [-0.2, 0) is 18.6 Å². The van der Waals surface area contributed by atoms with Crippen molar-refractivity contribution < 1.29 is 37.5 Å². The molecule has 37 heavy (non-hydrogen) atoms. The number of ether oxygens (including phenoxy) is 2. The van der Waals surface area contributed by atoms with Gasteiger partial charge in [-0.15, -0.1) is 0 Å². The third kappa shape index (κ3) is 5.35. The van der Waals surface area contributed by atoms with Gasteiger partial charge in [-0.3, -0.25) is 9.89 Å². The number of nitrogens with zero attached hydrogens (tertiary/aromatic N) is 2. The Labute approximate surface area is 211 Å². The third-order valence-corrected chi connectivity index (χ3v) is 6.81. The summed E-state index contributed by atoms with van der Waals surface area (Å²) in [4.78, 5) is 34.4. The number of pyridine rings is 1. The van der Waals surface area contributed by atoms with E-state index in [0.717, 1.165) is 38.5 Å². The van der Waals surface area contributed by atoms with Crippen molar-refractivity contribution in [2.24, 2.45) is 5.92 Å². The average Bonchev–Trinajstić information content (AvgIpc) is 3.26. The van der Waals surface area contributed by atoms with E-state index in [1.54, 1.807) is 18.3 Å². The number of phosphoric acid groups is 1. The first-order chi connectivity index (χ1) is 17.6. The first-order valence-corrected chi connectivity index (χ1v) is 13.2. The molecule has 2 heterocycles. The van der Waals surface area contributed by atoms with Crippen molar-refractivity contribution in [3.8, 4) is 17.0 Å². The monoisotopic (exact) mass is 529 g/mol. The molecule has 0 bridgehead atoms. The van der Waals surface area contributed by atoms with Crippen LogP contribution in [0.15, 0.2) is 42.6 Å². The summed E-state index contributed by atoms with van der Waals surface area (Å²) >= 11 is 0. The predicted molar refractivity (Wildman–Crippen MR) is 132 cm³/mol. The van der Waals surface area contributed by atoms with Gasteiger partial charge in [-0.1, -0.05) is 26.0 Å². The van der Waals surface area contributed by atoms with Crippen molar-refractivity contribution in [2.75, 3.05) is 6.79 Å². The van der Waals surface area contributed by atoms with E-state index in [4.69, 9.17) is 24.2 Å². The van der Waals surface area contributed by atoms with Gasteiger partial charge < -0.3 is 19.3 Å². The molecular weight excluding hydrogens is 504 g/mol. The largest absolute Gasteiger partial charge is 0.474 e. The zero-order chi connectivity index (χ0) is 26.3. The lowest BCUT2D eigenvalue weighted by atomic mass is 9.82. The van der Waals surface area contributed by atoms with E-state index in [0.29, 0.717) is 18.7 Å². The second-order valence-electron chi connectivity index (χ2n) is 9.30. The van der Waals surface area contributed by atoms with E-state index in [9.17, 15) is 13.8 Å². The summed E-state index contributed by atoms with van der Waals surface area (Å²) in [7, 11) is -4.71. The fourth-order valence-corrected chi connectivity index (χ4v) is 4.64. The number of hydrogen-bond donors (Lipinski definition) is 3. The van der Waals surface area contributed by atoms with Gasteiger partial charge in [0.2, 0.25) is 12.7 Å². The van der Waals surface area contributed by atoms with E-state index >= 15 is 0 Å². The summed E-state index contributed by atoms with van der Waals surface area (Å²) in [6.07, 6.45) is 2.16. The van der Waals surface area contributed by atoms with Gasteiger partial charge in [0.05, 0.1) is 23.3 Å². The fraction of sp³-hybridized carbons (Fsp3) is 0.320. The maximum Gasteiger partial charge on any atom is 0.472 e. The minimum absolute atomic E-state index is 0.0324. The molecule has 1 aliphatic rings. The lowest BCUT2D eigenvalue weighted by Gasteiger charge is -2.33. The number of halogens is 1. The third-order valence-electron chi connectivity index (χ3n) is 6.36. The predicted octanol–water partition coefficient (Wildman–Crippen LogP) is 4.81. The van der Waals surface area contributed by atoms with E-state index in [-0.39, 0.29) is 17.8 Å². The molecule has 3 N–H and O–H groups in total. The van der Waals surface area contributed by atoms with Crippen LogP contribution in [0.4, 0.5) is 4.39 Å². The number of esters is 1. The number of aromatic amines is 1. The molecule has 0 saturated heterocycles. The van der Waals surface area contributed by atoms with Crippen molar-refractivity contribution in [2.45, 2.75) is 38.7 Å². The second kappa shape index (κ2) is 9.83. The van der Waals surface area contributed by atoms with Crippen molar-refractivity contribution in [1.82, 2.24) is 15.2 Å². The Morgan fingerprint density at radius 1 is 1.19 bits per heavy atom. The van der Waals surface area contributed by atoms with E-state index in [1.807, 2.05) is 26.0 Å². The topological polar surface area (TPSA) is 144 Å². The number of carbonyl (C=O) groups is 1. The first kappa shape index (κ1) is 25.3. The molecular formula is C25H25FN3O7P. The number of aromatic nitrogens is 3. The molecule has 12 heteroatoms. The summed E-state index contributed by atoms with van der Waals surface area (Å²) in [6.45, 7) is 3.23. The quantitative estimate of drug-likeness (QED) is 0.166. The highest BCUT2D eigenvalue weighted by Gasteiger charge is 2.38. The molecule has 1 aliphatic carbocycles. The number of benzene rings is 2. The minimum Gasteiger partial charge on any atom is -0.474 e. The highest BCUT2D eigenvalue weighted by Crippen LogP contribution is 2.42. The second-order valence-corrected chi connectivity index (χ2v) is 10.5. The van der Waals surface area contributed by atoms with Crippen molar-refractivity contribution in [1.29, 1.82) is 0 Å². The molecule has 0 radical (unpaired) electrons. The number of carbonyl (C=O) groups excluding carboxylic acids is 1. The van der Waals surface area contributed by atoms with Crippen LogP contribution in [-0.4, -0.2) is 43.8 Å². The number of H-pyrrole nitrogens is 1. The van der Waals surface area contributed by atoms with Gasteiger partial charge in [0, 0.05) is 16.3 Å². The van der Waals surface area contributed by atoms with Gasteiger partial charge in [0.15, 0.2) is 0 Å². The first-order valence-electron chi connectivity index (χ1n) is 11.7. The summed E-state index contributed by atoms with van der Waals surface area (Å²) < 4.78 is 39.6. The molecule has 2 aromatic carbocycles. The molecule has 0 aliphatic heterocycles. The van der Waals surface area contributed by atoms with Gasteiger partial charge in [0.25, 0.3) is 0 Å². The molecule has 2 aromatic heterocycles. The van der Waals surface area contributed by atoms with Crippen LogP contribution in [0, 0.1) is 11.7 Å². The number of nitrogens with one attached hydrogen (secondary N) is 1. The molecule has 10 nitrogen and oxygen atoms in total. The SMILES string of the molecule is CC(C)c1nc(OC2CC(C(=O)OCOP(=O)(O)O)C2)c2cc3[nH]ncc3cc2c1-c1ccc(F)cc1. The van der Waals surface area contributed by atoms with Crippen LogP contribution < -0.4 is 4.74 Å². The van der Waals surface area contributed by atoms with Crippen molar-refractivity contribution in [3.05, 3.63) is 54.1 Å². The van der Waals surface area contributed by atoms with E-state index in [2.05, 4.69) is 14.7 Å². The van der Waals surface area contributed by atoms with Gasteiger partial charge in [-0.05, 0) is 54.0 Å². The maximum atomic E-state index is 13.7. The Morgan fingerprint density at radius 2 is 1.92 bits per heavy atom. The Balaban J connectivity index is 1.45. The Morgan fingerprint density at radius 3 is 2.59 bits per heavy atom. The zero-order valence-electron chi connectivity index (χ0n) is 20.1. The summed E-state index contributed by atoms with van der Waals surface area (Å²) in [5.41, 5.74) is 3.32. The highest BCUT2D eigenvalue weighted by molar-refractivity contribution is 7.46. The highest BCUT2D eigenvalue weighted by atomic mass is 31.2. The molecule has 0 amide bonds. The minimum atomic E-state index is -4.71. The molecule has 1 fully saturated rings. The molecule has 0 atom stereocenters. The van der Waals surface area contributed by atoms with Gasteiger partial charge in [-0.25, -0.2) is 18.5 Å². The Kier molecular flexibility index (Phi) is 6.72. The zero-order valence-corrected chi connectivity index (χ0v) is 20.9. The lowest BCUT2D eigenvalue weighted by Crippen LogP contribution is -2.39. The molecule has 5 rings (SSSR count). The van der Waals surface area contributed by atoms with Crippen LogP contribution >= 0.6 is 7.82 Å². The molecule has 4 aromatic rings. The van der Waals surface area contributed by atoms with Gasteiger partial charge >= 0.3 is 13.8 Å². The average molecular weight is 529 g/mol. The van der Waals surface area contributed by atoms with Crippen LogP contribution in [0.25, 0.3) is 32.8 Å². The molecule has 0 spiro atoms. The van der Waals surface area contributed by atoms with E-state index < -0.39 is 26.5 Å². The van der Waals surface area contributed by atoms with Gasteiger partial charge in [0.1, 0.15) is 11.9 Å². The molecule has 1 saturated carbocycles. The van der Waals surface area contributed by atoms with E-state index in [1.165, 1.54) is 12.1 Å². The number of hydrogen-bond acceptors (Lipinski definition) is 7. The van der Waals surface area contributed by atoms with Crippen LogP contribution in [0.3, 0.4) is 0 Å². The summed E-state index contributed by atoms with van der Waals surface area (Å²) in [5, 5.41) is 9.65.